The molecule has 1 saturated heterocycles. The molecule has 3 aromatic rings. The van der Waals surface area contributed by atoms with Gasteiger partial charge >= 0.3 is 0 Å². The van der Waals surface area contributed by atoms with E-state index in [1.807, 2.05) is 30.3 Å². The Morgan fingerprint density at radius 3 is 2.66 bits per heavy atom. The Labute approximate surface area is 189 Å². The Bertz CT molecular complexity index is 1050. The lowest BCUT2D eigenvalue weighted by molar-refractivity contribution is 0.466. The van der Waals surface area contributed by atoms with Crippen molar-refractivity contribution in [1.29, 1.82) is 0 Å². The largest absolute Gasteiger partial charge is 0.360 e. The van der Waals surface area contributed by atoms with Crippen molar-refractivity contribution in [3.8, 4) is 0 Å². The highest BCUT2D eigenvalue weighted by Gasteiger charge is 2.22. The van der Waals surface area contributed by atoms with Gasteiger partial charge in [0.2, 0.25) is 0 Å². The maximum atomic E-state index is 6.22. The van der Waals surface area contributed by atoms with Crippen LogP contribution in [0.25, 0.3) is 10.9 Å². The van der Waals surface area contributed by atoms with Crippen LogP contribution in [0.15, 0.2) is 42.7 Å². The van der Waals surface area contributed by atoms with Crippen LogP contribution in [0, 0.1) is 0 Å². The van der Waals surface area contributed by atoms with E-state index in [1.54, 1.807) is 12.4 Å². The van der Waals surface area contributed by atoms with E-state index in [1.165, 1.54) is 0 Å². The Morgan fingerprint density at radius 1 is 1.07 bits per heavy atom. The molecule has 1 aromatic heterocycles. The van der Waals surface area contributed by atoms with Crippen molar-refractivity contribution in [2.45, 2.75) is 18.9 Å². The minimum Gasteiger partial charge on any atom is -0.360 e. The second-order valence-corrected chi connectivity index (χ2v) is 8.45. The van der Waals surface area contributed by atoms with E-state index in [9.17, 15) is 0 Å². The Morgan fingerprint density at radius 2 is 1.86 bits per heavy atom. The van der Waals surface area contributed by atoms with Gasteiger partial charge in [0.05, 0.1) is 21.2 Å². The molecule has 0 aliphatic carbocycles. The van der Waals surface area contributed by atoms with E-state index in [2.05, 4.69) is 25.5 Å². The summed E-state index contributed by atoms with van der Waals surface area (Å²) in [7, 11) is 0. The van der Waals surface area contributed by atoms with Crippen molar-refractivity contribution in [3.05, 3.63) is 57.8 Å². The average Bonchev–Trinajstić information content (AvgIpc) is 2.71. The molecule has 0 amide bonds. The summed E-state index contributed by atoms with van der Waals surface area (Å²) in [5.74, 6) is 0.941. The van der Waals surface area contributed by atoms with Crippen molar-refractivity contribution in [2.75, 3.05) is 23.3 Å². The molecule has 0 unspecified atom stereocenters. The summed E-state index contributed by atoms with van der Waals surface area (Å²) >= 11 is 23.8. The SMILES string of the molecule is S=C(Nc1cccc(Cl)c1Cl)NC1CCN(c2ncnc3cc(Cl)ccc23)CC1. The minimum atomic E-state index is 0.270. The number of hydrogen-bond acceptors (Lipinski definition) is 4. The molecule has 0 saturated carbocycles. The van der Waals surface area contributed by atoms with Gasteiger partial charge in [0.1, 0.15) is 12.1 Å². The molecule has 150 valence electrons. The number of rotatable bonds is 3. The van der Waals surface area contributed by atoms with Crippen molar-refractivity contribution < 1.29 is 0 Å². The smallest absolute Gasteiger partial charge is 0.171 e. The summed E-state index contributed by atoms with van der Waals surface area (Å²) in [6.45, 7) is 1.74. The van der Waals surface area contributed by atoms with Crippen LogP contribution in [0.1, 0.15) is 12.8 Å². The number of halogens is 3. The Balaban J connectivity index is 1.37. The lowest BCUT2D eigenvalue weighted by Gasteiger charge is -2.34. The number of piperidine rings is 1. The van der Waals surface area contributed by atoms with Crippen LogP contribution in [-0.4, -0.2) is 34.2 Å². The van der Waals surface area contributed by atoms with Gasteiger partial charge in [-0.1, -0.05) is 40.9 Å². The number of thiocarbonyl (C=S) groups is 1. The molecule has 1 aliphatic rings. The summed E-state index contributed by atoms with van der Waals surface area (Å²) < 4.78 is 0. The Hall–Kier alpha value is -1.86. The lowest BCUT2D eigenvalue weighted by atomic mass is 10.0. The first-order chi connectivity index (χ1) is 14.0. The highest BCUT2D eigenvalue weighted by atomic mass is 35.5. The van der Waals surface area contributed by atoms with Gasteiger partial charge in [-0.05, 0) is 55.4 Å². The van der Waals surface area contributed by atoms with Gasteiger partial charge in [-0.2, -0.15) is 0 Å². The molecule has 0 bridgehead atoms. The van der Waals surface area contributed by atoms with Crippen LogP contribution in [-0.2, 0) is 0 Å². The zero-order valence-electron chi connectivity index (χ0n) is 15.3. The zero-order valence-corrected chi connectivity index (χ0v) is 18.4. The van der Waals surface area contributed by atoms with Gasteiger partial charge in [-0.3, -0.25) is 0 Å². The van der Waals surface area contributed by atoms with Crippen LogP contribution in [0.5, 0.6) is 0 Å². The van der Waals surface area contributed by atoms with Crippen molar-refractivity contribution in [1.82, 2.24) is 15.3 Å². The number of benzene rings is 2. The maximum Gasteiger partial charge on any atom is 0.171 e. The van der Waals surface area contributed by atoms with Crippen LogP contribution >= 0.6 is 47.0 Å². The third kappa shape index (κ3) is 4.67. The monoisotopic (exact) mass is 465 g/mol. The average molecular weight is 467 g/mol. The van der Waals surface area contributed by atoms with E-state index in [-0.39, 0.29) is 6.04 Å². The van der Waals surface area contributed by atoms with E-state index >= 15 is 0 Å². The first-order valence-electron chi connectivity index (χ1n) is 9.18. The molecular formula is C20H18Cl3N5S. The van der Waals surface area contributed by atoms with E-state index in [0.717, 1.165) is 42.7 Å². The highest BCUT2D eigenvalue weighted by Crippen LogP contribution is 2.30. The van der Waals surface area contributed by atoms with Crippen molar-refractivity contribution in [2.24, 2.45) is 0 Å². The number of fused-ring (bicyclic) bond motifs is 1. The second-order valence-electron chi connectivity index (χ2n) is 6.82. The van der Waals surface area contributed by atoms with Gasteiger partial charge in [0, 0.05) is 29.5 Å². The standard InChI is InChI=1S/C20H18Cl3N5S/c21-12-4-5-14-17(10-12)24-11-25-19(14)28-8-6-13(7-9-28)26-20(29)27-16-3-1-2-15(22)18(16)23/h1-5,10-11,13H,6-9H2,(H2,26,27,29). The fourth-order valence-corrected chi connectivity index (χ4v) is 4.24. The van der Waals surface area contributed by atoms with Crippen LogP contribution in [0.3, 0.4) is 0 Å². The Kier molecular flexibility index (Phi) is 6.25. The van der Waals surface area contributed by atoms with Crippen molar-refractivity contribution in [3.63, 3.8) is 0 Å². The molecule has 2 aromatic carbocycles. The zero-order chi connectivity index (χ0) is 20.4. The first kappa shape index (κ1) is 20.4. The fraction of sp³-hybridized carbons (Fsp3) is 0.250. The van der Waals surface area contributed by atoms with Gasteiger partial charge < -0.3 is 15.5 Å². The van der Waals surface area contributed by atoms with E-state index < -0.39 is 0 Å². The molecule has 2 N–H and O–H groups in total. The molecule has 0 spiro atoms. The fourth-order valence-electron chi connectivity index (χ4n) is 3.45. The molecule has 1 aliphatic heterocycles. The van der Waals surface area contributed by atoms with Crippen LogP contribution in [0.4, 0.5) is 11.5 Å². The number of nitrogens with zero attached hydrogens (tertiary/aromatic N) is 3. The molecule has 2 heterocycles. The quantitative estimate of drug-likeness (QED) is 0.494. The molecule has 0 radical (unpaired) electrons. The number of nitrogens with one attached hydrogen (secondary N) is 2. The van der Waals surface area contributed by atoms with Gasteiger partial charge in [-0.15, -0.1) is 0 Å². The molecule has 4 rings (SSSR count). The summed E-state index contributed by atoms with van der Waals surface area (Å²) in [6.07, 6.45) is 3.46. The van der Waals surface area contributed by atoms with Crippen LogP contribution < -0.4 is 15.5 Å². The van der Waals surface area contributed by atoms with Crippen molar-refractivity contribution >= 4 is 74.5 Å². The summed E-state index contributed by atoms with van der Waals surface area (Å²) in [4.78, 5) is 11.1. The molecule has 0 atom stereocenters. The third-order valence-electron chi connectivity index (χ3n) is 4.91. The number of aromatic nitrogens is 2. The van der Waals surface area contributed by atoms with Gasteiger partial charge in [0.25, 0.3) is 0 Å². The molecule has 1 fully saturated rings. The number of anilines is 2. The molecule has 5 nitrogen and oxygen atoms in total. The number of hydrogen-bond donors (Lipinski definition) is 2. The molecular weight excluding hydrogens is 449 g/mol. The maximum absolute atomic E-state index is 6.22. The summed E-state index contributed by atoms with van der Waals surface area (Å²) in [5, 5.41) is 9.67. The summed E-state index contributed by atoms with van der Waals surface area (Å²) in [6, 6.07) is 11.4. The topological polar surface area (TPSA) is 53.1 Å². The van der Waals surface area contributed by atoms with E-state index in [4.69, 9.17) is 47.0 Å². The highest BCUT2D eigenvalue weighted by molar-refractivity contribution is 7.80. The van der Waals surface area contributed by atoms with Gasteiger partial charge in [0.15, 0.2) is 5.11 Å². The third-order valence-corrected chi connectivity index (χ3v) is 6.18. The van der Waals surface area contributed by atoms with E-state index in [0.29, 0.717) is 25.9 Å². The minimum absolute atomic E-state index is 0.270. The molecule has 29 heavy (non-hydrogen) atoms. The predicted octanol–water partition coefficient (Wildman–Crippen LogP) is 5.55. The molecule has 9 heteroatoms. The first-order valence-corrected chi connectivity index (χ1v) is 10.7. The lowest BCUT2D eigenvalue weighted by Crippen LogP contribution is -2.46. The van der Waals surface area contributed by atoms with Crippen LogP contribution in [0.2, 0.25) is 15.1 Å². The second kappa shape index (κ2) is 8.88. The summed E-state index contributed by atoms with van der Waals surface area (Å²) in [5.41, 5.74) is 1.55. The predicted molar refractivity (Wildman–Crippen MR) is 126 cm³/mol. The van der Waals surface area contributed by atoms with Gasteiger partial charge in [-0.25, -0.2) is 9.97 Å². The normalized spacial score (nSPS) is 14.8.